The molecule has 0 unspecified atom stereocenters. The Morgan fingerprint density at radius 1 is 1.62 bits per heavy atom. The number of pyridine rings is 1. The highest BCUT2D eigenvalue weighted by Gasteiger charge is 1.91. The highest BCUT2D eigenvalue weighted by molar-refractivity contribution is 5.76. The number of nitrogens with zero attached hydrogens (tertiary/aromatic N) is 1. The van der Waals surface area contributed by atoms with Crippen molar-refractivity contribution in [2.24, 2.45) is 0 Å². The minimum absolute atomic E-state index is 0.713. The molecule has 0 aromatic carbocycles. The first-order valence-corrected chi connectivity index (χ1v) is 4.11. The van der Waals surface area contributed by atoms with E-state index in [4.69, 9.17) is 0 Å². The van der Waals surface area contributed by atoms with E-state index < -0.39 is 0 Å². The van der Waals surface area contributed by atoms with Gasteiger partial charge in [-0.05, 0) is 25.5 Å². The van der Waals surface area contributed by atoms with Crippen molar-refractivity contribution in [2.75, 3.05) is 13.7 Å². The lowest BCUT2D eigenvalue weighted by Crippen LogP contribution is -1.85. The van der Waals surface area contributed by atoms with Crippen LogP contribution in [0, 0.1) is 6.92 Å². The quantitative estimate of drug-likeness (QED) is 0.654. The Labute approximate surface area is 78.8 Å². The van der Waals surface area contributed by atoms with E-state index in [1.165, 1.54) is 0 Å². The molecule has 3 nitrogen and oxygen atoms in total. The van der Waals surface area contributed by atoms with Crippen molar-refractivity contribution in [1.82, 2.24) is 4.98 Å². The van der Waals surface area contributed by atoms with Crippen LogP contribution in [0.1, 0.15) is 22.8 Å². The second-order valence-corrected chi connectivity index (χ2v) is 2.43. The molecule has 0 atom stereocenters. The first-order valence-electron chi connectivity index (χ1n) is 4.11. The zero-order valence-electron chi connectivity index (χ0n) is 8.28. The van der Waals surface area contributed by atoms with Crippen molar-refractivity contribution < 1.29 is 9.53 Å². The number of methoxy groups -OCH3 is 1. The molecule has 1 aromatic rings. The third-order valence-electron chi connectivity index (χ3n) is 1.48. The van der Waals surface area contributed by atoms with Gasteiger partial charge in [-0.2, -0.15) is 0 Å². The average molecular weight is 181 g/mol. The molecule has 1 aromatic heterocycles. The van der Waals surface area contributed by atoms with Crippen LogP contribution in [0.25, 0.3) is 0 Å². The van der Waals surface area contributed by atoms with Gasteiger partial charge < -0.3 is 4.74 Å². The van der Waals surface area contributed by atoms with E-state index in [1.807, 2.05) is 13.8 Å². The molecule has 1 rings (SSSR count). The molecule has 3 heteroatoms. The van der Waals surface area contributed by atoms with Gasteiger partial charge in [0, 0.05) is 31.7 Å². The van der Waals surface area contributed by atoms with Crippen LogP contribution in [0.3, 0.4) is 0 Å². The maximum atomic E-state index is 10.2. The molecule has 13 heavy (non-hydrogen) atoms. The highest BCUT2D eigenvalue weighted by atomic mass is 16.5. The fourth-order valence-corrected chi connectivity index (χ4v) is 0.616. The summed E-state index contributed by atoms with van der Waals surface area (Å²) in [5.41, 5.74) is 1.64. The predicted octanol–water partition coefficient (Wildman–Crippen LogP) is 1.86. The zero-order valence-corrected chi connectivity index (χ0v) is 8.28. The molecule has 0 spiro atoms. The van der Waals surface area contributed by atoms with Crippen LogP contribution in [0.5, 0.6) is 0 Å². The van der Waals surface area contributed by atoms with E-state index in [0.717, 1.165) is 18.5 Å². The van der Waals surface area contributed by atoms with Gasteiger partial charge in [0.1, 0.15) is 6.29 Å². The van der Waals surface area contributed by atoms with Gasteiger partial charge in [0.2, 0.25) is 0 Å². The van der Waals surface area contributed by atoms with Crippen molar-refractivity contribution in [3.63, 3.8) is 0 Å². The van der Waals surface area contributed by atoms with E-state index in [1.54, 1.807) is 25.6 Å². The number of aldehydes is 1. The fourth-order valence-electron chi connectivity index (χ4n) is 0.616. The number of carbonyl (C=O) groups excluding carboxylic acids is 1. The molecule has 1 heterocycles. The lowest BCUT2D eigenvalue weighted by Gasteiger charge is -1.91. The SMILES string of the molecule is CCOC.Cc1cnccc1C=O. The van der Waals surface area contributed by atoms with Crippen LogP contribution >= 0.6 is 0 Å². The Kier molecular flexibility index (Phi) is 6.73. The number of hydrogen-bond donors (Lipinski definition) is 0. The van der Waals surface area contributed by atoms with Gasteiger partial charge in [-0.25, -0.2) is 0 Å². The molecule has 0 saturated heterocycles. The van der Waals surface area contributed by atoms with Gasteiger partial charge in [0.05, 0.1) is 0 Å². The van der Waals surface area contributed by atoms with Crippen LogP contribution in [-0.4, -0.2) is 25.0 Å². The van der Waals surface area contributed by atoms with Gasteiger partial charge in [0.25, 0.3) is 0 Å². The summed E-state index contributed by atoms with van der Waals surface area (Å²) in [6, 6.07) is 1.70. The van der Waals surface area contributed by atoms with Crippen molar-refractivity contribution in [1.29, 1.82) is 0 Å². The van der Waals surface area contributed by atoms with Crippen LogP contribution in [-0.2, 0) is 4.74 Å². The summed E-state index contributed by atoms with van der Waals surface area (Å²) in [5.74, 6) is 0. The minimum atomic E-state index is 0.713. The monoisotopic (exact) mass is 181 g/mol. The van der Waals surface area contributed by atoms with E-state index >= 15 is 0 Å². The summed E-state index contributed by atoms with van der Waals surface area (Å²) in [7, 11) is 1.68. The van der Waals surface area contributed by atoms with E-state index in [2.05, 4.69) is 9.72 Å². The lowest BCUT2D eigenvalue weighted by molar-refractivity contribution is 0.112. The fraction of sp³-hybridized carbons (Fsp3) is 0.400. The van der Waals surface area contributed by atoms with E-state index in [0.29, 0.717) is 5.56 Å². The van der Waals surface area contributed by atoms with Crippen molar-refractivity contribution in [3.8, 4) is 0 Å². The topological polar surface area (TPSA) is 39.2 Å². The standard InChI is InChI=1S/C7H7NO.C3H8O/c1-6-4-8-3-2-7(6)5-9;1-3-4-2/h2-5H,1H3;3H2,1-2H3. The number of hydrogen-bond acceptors (Lipinski definition) is 3. The average Bonchev–Trinajstić information content (AvgIpc) is 2.19. The van der Waals surface area contributed by atoms with Crippen LogP contribution in [0.15, 0.2) is 18.5 Å². The molecular weight excluding hydrogens is 166 g/mol. The molecular formula is C10H15NO2. The van der Waals surface area contributed by atoms with Crippen LogP contribution in [0.4, 0.5) is 0 Å². The lowest BCUT2D eigenvalue weighted by atomic mass is 10.2. The number of ether oxygens (including phenoxy) is 1. The van der Waals surface area contributed by atoms with Gasteiger partial charge in [-0.15, -0.1) is 0 Å². The number of aromatic nitrogens is 1. The highest BCUT2D eigenvalue weighted by Crippen LogP contribution is 1.99. The first-order chi connectivity index (χ1) is 6.26. The molecule has 0 bridgehead atoms. The first kappa shape index (κ1) is 11.8. The zero-order chi connectivity index (χ0) is 10.1. The summed E-state index contributed by atoms with van der Waals surface area (Å²) in [6.07, 6.45) is 4.11. The summed E-state index contributed by atoms with van der Waals surface area (Å²) in [6.45, 7) is 4.64. The Bertz CT molecular complexity index is 246. The van der Waals surface area contributed by atoms with Gasteiger partial charge in [-0.1, -0.05) is 0 Å². The minimum Gasteiger partial charge on any atom is -0.385 e. The van der Waals surface area contributed by atoms with Crippen molar-refractivity contribution in [3.05, 3.63) is 29.6 Å². The molecule has 0 radical (unpaired) electrons. The largest absolute Gasteiger partial charge is 0.385 e. The van der Waals surface area contributed by atoms with Gasteiger partial charge >= 0.3 is 0 Å². The smallest absolute Gasteiger partial charge is 0.150 e. The Hall–Kier alpha value is -1.22. The normalized spacial score (nSPS) is 8.54. The predicted molar refractivity (Wildman–Crippen MR) is 51.9 cm³/mol. The summed E-state index contributed by atoms with van der Waals surface area (Å²) in [4.78, 5) is 14.0. The number of carbonyl (C=O) groups is 1. The van der Waals surface area contributed by atoms with Crippen LogP contribution in [0.2, 0.25) is 0 Å². The maximum absolute atomic E-state index is 10.2. The third kappa shape index (κ3) is 5.09. The second-order valence-electron chi connectivity index (χ2n) is 2.43. The molecule has 0 saturated carbocycles. The molecule has 0 aliphatic carbocycles. The second kappa shape index (κ2) is 7.43. The van der Waals surface area contributed by atoms with Crippen molar-refractivity contribution >= 4 is 6.29 Å². The number of rotatable bonds is 2. The molecule has 0 aliphatic rings. The molecule has 0 fully saturated rings. The molecule has 0 N–H and O–H groups in total. The summed E-state index contributed by atoms with van der Waals surface area (Å²) < 4.78 is 4.54. The van der Waals surface area contributed by atoms with E-state index in [-0.39, 0.29) is 0 Å². The summed E-state index contributed by atoms with van der Waals surface area (Å²) >= 11 is 0. The maximum Gasteiger partial charge on any atom is 0.150 e. The number of aryl methyl sites for hydroxylation is 1. The van der Waals surface area contributed by atoms with Crippen LogP contribution < -0.4 is 0 Å². The van der Waals surface area contributed by atoms with Gasteiger partial charge in [0.15, 0.2) is 0 Å². The summed E-state index contributed by atoms with van der Waals surface area (Å²) in [5, 5.41) is 0. The van der Waals surface area contributed by atoms with E-state index in [9.17, 15) is 4.79 Å². The Balaban J connectivity index is 0.000000310. The van der Waals surface area contributed by atoms with Crippen molar-refractivity contribution in [2.45, 2.75) is 13.8 Å². The molecule has 0 aliphatic heterocycles. The van der Waals surface area contributed by atoms with Gasteiger partial charge in [-0.3, -0.25) is 9.78 Å². The Morgan fingerprint density at radius 2 is 2.23 bits per heavy atom. The third-order valence-corrected chi connectivity index (χ3v) is 1.48. The molecule has 0 amide bonds. The molecule has 72 valence electrons. The Morgan fingerprint density at radius 3 is 2.54 bits per heavy atom.